The number of aromatic nitrogens is 1. The fourth-order valence-electron chi connectivity index (χ4n) is 4.96. The topological polar surface area (TPSA) is 72.0 Å². The molecular formula is C30H32FN3O4. The zero-order valence-corrected chi connectivity index (χ0v) is 21.4. The predicted molar refractivity (Wildman–Crippen MR) is 140 cm³/mol. The maximum atomic E-state index is 13.7. The van der Waals surface area contributed by atoms with Crippen LogP contribution in [0.4, 0.5) is 4.39 Å². The van der Waals surface area contributed by atoms with E-state index in [-0.39, 0.29) is 24.1 Å². The molecular weight excluding hydrogens is 485 g/mol. The normalized spacial score (nSPS) is 18.2. The molecule has 7 nitrogen and oxygen atoms in total. The van der Waals surface area contributed by atoms with Gasteiger partial charge in [0.05, 0.1) is 19.1 Å². The molecule has 1 unspecified atom stereocenters. The number of hydrogen-bond acceptors (Lipinski definition) is 5. The van der Waals surface area contributed by atoms with Crippen molar-refractivity contribution in [3.63, 3.8) is 0 Å². The molecule has 1 saturated heterocycles. The number of amides is 2. The average Bonchev–Trinajstić information content (AvgIpc) is 3.31. The second kappa shape index (κ2) is 12.1. The first-order valence-electron chi connectivity index (χ1n) is 13.2. The Morgan fingerprint density at radius 2 is 1.82 bits per heavy atom. The first-order chi connectivity index (χ1) is 18.6. The minimum Gasteiger partial charge on any atom is -0.490 e. The smallest absolute Gasteiger partial charge is 0.228 e. The van der Waals surface area contributed by atoms with Gasteiger partial charge >= 0.3 is 0 Å². The van der Waals surface area contributed by atoms with Crippen LogP contribution in [0, 0.1) is 11.7 Å². The molecule has 2 amide bonds. The Hall–Kier alpha value is -3.94. The van der Waals surface area contributed by atoms with Crippen molar-refractivity contribution >= 4 is 11.8 Å². The molecule has 2 aromatic carbocycles. The molecule has 0 aliphatic carbocycles. The zero-order valence-electron chi connectivity index (χ0n) is 21.4. The highest BCUT2D eigenvalue weighted by Gasteiger charge is 2.36. The number of pyridine rings is 1. The Morgan fingerprint density at radius 3 is 2.66 bits per heavy atom. The maximum Gasteiger partial charge on any atom is 0.228 e. The number of likely N-dealkylation sites (tertiary alicyclic amines) is 1. The van der Waals surface area contributed by atoms with Gasteiger partial charge in [0.25, 0.3) is 0 Å². The van der Waals surface area contributed by atoms with Crippen LogP contribution in [0.25, 0.3) is 0 Å². The minimum atomic E-state index is -0.392. The molecule has 1 fully saturated rings. The lowest BCUT2D eigenvalue weighted by Gasteiger charge is -2.26. The molecule has 2 aliphatic rings. The van der Waals surface area contributed by atoms with Crippen LogP contribution in [-0.2, 0) is 22.6 Å². The van der Waals surface area contributed by atoms with E-state index in [0.29, 0.717) is 56.6 Å². The number of para-hydroxylation sites is 2. The summed E-state index contributed by atoms with van der Waals surface area (Å²) in [4.78, 5) is 34.5. The van der Waals surface area contributed by atoms with E-state index in [1.165, 1.54) is 12.1 Å². The van der Waals surface area contributed by atoms with E-state index in [9.17, 15) is 14.0 Å². The maximum absolute atomic E-state index is 13.7. The lowest BCUT2D eigenvalue weighted by molar-refractivity contribution is -0.136. The fourth-order valence-corrected chi connectivity index (χ4v) is 4.96. The molecule has 5 rings (SSSR count). The third-order valence-electron chi connectivity index (χ3n) is 7.06. The quantitative estimate of drug-likeness (QED) is 0.487. The van der Waals surface area contributed by atoms with Crippen LogP contribution in [0.15, 0.2) is 66.9 Å². The summed E-state index contributed by atoms with van der Waals surface area (Å²) < 4.78 is 25.3. The summed E-state index contributed by atoms with van der Waals surface area (Å²) in [5.74, 6) is 0.974. The van der Waals surface area contributed by atoms with Crippen molar-refractivity contribution in [2.45, 2.75) is 38.6 Å². The van der Waals surface area contributed by atoms with E-state index in [2.05, 4.69) is 4.98 Å². The van der Waals surface area contributed by atoms with Crippen LogP contribution in [0.3, 0.4) is 0 Å². The van der Waals surface area contributed by atoms with Crippen molar-refractivity contribution in [1.82, 2.24) is 14.8 Å². The molecule has 8 heteroatoms. The first kappa shape index (κ1) is 25.7. The molecule has 38 heavy (non-hydrogen) atoms. The van der Waals surface area contributed by atoms with Gasteiger partial charge in [-0.15, -0.1) is 0 Å². The highest BCUT2D eigenvalue weighted by atomic mass is 19.1. The van der Waals surface area contributed by atoms with E-state index in [4.69, 9.17) is 9.47 Å². The van der Waals surface area contributed by atoms with Crippen LogP contribution in [0.5, 0.6) is 17.4 Å². The summed E-state index contributed by atoms with van der Waals surface area (Å²) in [6, 6.07) is 17.6. The van der Waals surface area contributed by atoms with Crippen LogP contribution in [-0.4, -0.2) is 52.8 Å². The van der Waals surface area contributed by atoms with Crippen molar-refractivity contribution in [1.29, 1.82) is 0 Å². The number of halogens is 1. The Bertz CT molecular complexity index is 1270. The van der Waals surface area contributed by atoms with Gasteiger partial charge in [-0.1, -0.05) is 30.3 Å². The number of fused-ring (bicyclic) bond motifs is 2. The molecule has 0 bridgehead atoms. The summed E-state index contributed by atoms with van der Waals surface area (Å²) >= 11 is 0. The van der Waals surface area contributed by atoms with Gasteiger partial charge in [-0.25, -0.2) is 9.37 Å². The zero-order chi connectivity index (χ0) is 26.3. The third kappa shape index (κ3) is 6.30. The molecule has 0 spiro atoms. The van der Waals surface area contributed by atoms with E-state index in [1.807, 2.05) is 41.3 Å². The van der Waals surface area contributed by atoms with E-state index in [0.717, 1.165) is 30.4 Å². The predicted octanol–water partition coefficient (Wildman–Crippen LogP) is 5.00. The molecule has 198 valence electrons. The van der Waals surface area contributed by atoms with Crippen molar-refractivity contribution in [3.05, 3.63) is 83.8 Å². The van der Waals surface area contributed by atoms with Crippen LogP contribution < -0.4 is 9.47 Å². The SMILES string of the molecule is O=C1CC(C(=O)N2CCCCCOc3ccccc3Oc3ncccc3C2)CN1CCc1ccc(F)cc1. The van der Waals surface area contributed by atoms with Gasteiger partial charge in [0.2, 0.25) is 17.7 Å². The number of carbonyl (C=O) groups is 2. The van der Waals surface area contributed by atoms with Crippen LogP contribution in [0.2, 0.25) is 0 Å². The van der Waals surface area contributed by atoms with Gasteiger partial charge in [0.15, 0.2) is 11.5 Å². The molecule has 3 heterocycles. The molecule has 2 aliphatic heterocycles. The number of nitrogens with zero attached hydrogens (tertiary/aromatic N) is 3. The molecule has 0 N–H and O–H groups in total. The summed E-state index contributed by atoms with van der Waals surface area (Å²) in [6.07, 6.45) is 5.11. The fraction of sp³-hybridized carbons (Fsp3) is 0.367. The largest absolute Gasteiger partial charge is 0.490 e. The van der Waals surface area contributed by atoms with Crippen LogP contribution in [0.1, 0.15) is 36.8 Å². The highest BCUT2D eigenvalue weighted by molar-refractivity contribution is 5.89. The molecule has 0 saturated carbocycles. The van der Waals surface area contributed by atoms with Crippen molar-refractivity contribution < 1.29 is 23.5 Å². The van der Waals surface area contributed by atoms with E-state index >= 15 is 0 Å². The minimum absolute atomic E-state index is 0.0181. The van der Waals surface area contributed by atoms with E-state index < -0.39 is 5.92 Å². The Morgan fingerprint density at radius 1 is 1.00 bits per heavy atom. The second-order valence-corrected chi connectivity index (χ2v) is 9.80. The number of benzene rings is 2. The summed E-state index contributed by atoms with van der Waals surface area (Å²) in [6.45, 7) is 2.40. The molecule has 1 atom stereocenters. The van der Waals surface area contributed by atoms with E-state index in [1.54, 1.807) is 23.2 Å². The van der Waals surface area contributed by atoms with Gasteiger partial charge < -0.3 is 19.3 Å². The Kier molecular flexibility index (Phi) is 8.16. The monoisotopic (exact) mass is 517 g/mol. The van der Waals surface area contributed by atoms with Crippen molar-refractivity contribution in [2.75, 3.05) is 26.2 Å². The number of ether oxygens (including phenoxy) is 2. The Labute approximate surface area is 222 Å². The van der Waals surface area contributed by atoms with Gasteiger partial charge in [0, 0.05) is 37.8 Å². The standard InChI is InChI=1S/C30H32FN3O4/c31-25-12-10-22(11-13-25)14-17-33-21-24(19-28(33)35)30(36)34-16-4-1-5-18-37-26-8-2-3-9-27(26)38-29-23(20-34)7-6-15-32-29/h2-3,6-13,15,24H,1,4-5,14,16-21H2. The number of rotatable bonds is 4. The van der Waals surface area contributed by atoms with Crippen LogP contribution >= 0.6 is 0 Å². The second-order valence-electron chi connectivity index (χ2n) is 9.80. The summed E-state index contributed by atoms with van der Waals surface area (Å²) in [5.41, 5.74) is 1.76. The average molecular weight is 518 g/mol. The molecule has 1 aromatic heterocycles. The van der Waals surface area contributed by atoms with Gasteiger partial charge in [-0.3, -0.25) is 9.59 Å². The third-order valence-corrected chi connectivity index (χ3v) is 7.06. The summed E-state index contributed by atoms with van der Waals surface area (Å²) in [5, 5.41) is 0. The number of hydrogen-bond donors (Lipinski definition) is 0. The van der Waals surface area contributed by atoms with Gasteiger partial charge in [-0.2, -0.15) is 0 Å². The van der Waals surface area contributed by atoms with Gasteiger partial charge in [0.1, 0.15) is 5.82 Å². The molecule has 3 aromatic rings. The summed E-state index contributed by atoms with van der Waals surface area (Å²) in [7, 11) is 0. The van der Waals surface area contributed by atoms with Crippen molar-refractivity contribution in [2.24, 2.45) is 5.92 Å². The first-order valence-corrected chi connectivity index (χ1v) is 13.2. The number of carbonyl (C=O) groups excluding carboxylic acids is 2. The van der Waals surface area contributed by atoms with Gasteiger partial charge in [-0.05, 0) is 61.6 Å². The molecule has 0 radical (unpaired) electrons. The lowest BCUT2D eigenvalue weighted by Crippen LogP contribution is -2.38. The Balaban J connectivity index is 1.30. The lowest BCUT2D eigenvalue weighted by atomic mass is 10.1. The highest BCUT2D eigenvalue weighted by Crippen LogP contribution is 2.33. The van der Waals surface area contributed by atoms with Crippen molar-refractivity contribution in [3.8, 4) is 17.4 Å².